The first kappa shape index (κ1) is 43.0. The van der Waals surface area contributed by atoms with E-state index in [1.54, 1.807) is 34.8 Å². The highest BCUT2D eigenvalue weighted by Crippen LogP contribution is 2.51. The molecule has 15 atom stereocenters. The molecule has 14 nitrogen and oxygen atoms in total. The van der Waals surface area contributed by atoms with E-state index in [0.717, 1.165) is 19.5 Å². The second-order valence-corrected chi connectivity index (χ2v) is 16.7. The van der Waals surface area contributed by atoms with Crippen LogP contribution in [0.15, 0.2) is 0 Å². The monoisotopic (exact) mass is 741 g/mol. The summed E-state index contributed by atoms with van der Waals surface area (Å²) in [6.07, 6.45) is -4.26. The van der Waals surface area contributed by atoms with Gasteiger partial charge in [-0.2, -0.15) is 0 Å². The number of methoxy groups -OCH3 is 1. The molecule has 1 aliphatic carbocycles. The maximum absolute atomic E-state index is 14.0. The van der Waals surface area contributed by atoms with Gasteiger partial charge in [-0.05, 0) is 61.8 Å². The van der Waals surface area contributed by atoms with Gasteiger partial charge in [-0.25, -0.2) is 0 Å². The van der Waals surface area contributed by atoms with E-state index in [2.05, 4.69) is 9.80 Å². The summed E-state index contributed by atoms with van der Waals surface area (Å²) < 4.78 is 37.8. The van der Waals surface area contributed by atoms with Crippen molar-refractivity contribution in [2.45, 2.75) is 128 Å². The molecule has 3 heterocycles. The maximum atomic E-state index is 14.0. The molecule has 2 N–H and O–H groups in total. The van der Waals surface area contributed by atoms with E-state index in [-0.39, 0.29) is 36.8 Å². The Kier molecular flexibility index (Phi) is 14.4. The Morgan fingerprint density at radius 3 is 2.23 bits per heavy atom. The number of Topliss-reactive ketones (excluding diaryl/α,β-unsaturated/α-hetero) is 1. The molecule has 4 fully saturated rings. The summed E-state index contributed by atoms with van der Waals surface area (Å²) >= 11 is 0. The van der Waals surface area contributed by atoms with Crippen molar-refractivity contribution in [2.75, 3.05) is 68.1 Å². The molecule has 0 bridgehead atoms. The van der Waals surface area contributed by atoms with Gasteiger partial charge in [0.05, 0.1) is 55.5 Å². The summed E-state index contributed by atoms with van der Waals surface area (Å²) in [4.78, 5) is 47.8. The third-order valence-electron chi connectivity index (χ3n) is 12.3. The number of esters is 2. The highest BCUT2D eigenvalue weighted by atomic mass is 16.7. The molecular formula is C38H67N3O11. The molecule has 300 valence electrons. The van der Waals surface area contributed by atoms with Crippen LogP contribution in [0.2, 0.25) is 0 Å². The van der Waals surface area contributed by atoms with Gasteiger partial charge in [-0.3, -0.25) is 19.3 Å². The standard InChI is InChI=1S/C38H67N3O11/c1-21-20-37(7,47-12)33(52-36-29(40(10)11)27(19-22(2)49-36)41-15-17-48-18-16-41)24(4)31(50-28(42)13-14-39(8)9)25(5)35(45)51-34-26(6)38(34,46)32(44)23(3)30(21)43/h21-27,29,31-34,36,44,46H,13-20H2,1-12H3/t21-,22-,23+,24+,25-,26?,27-,29+,31+,32-,33-,34-,36+,37+,38+/m1/s1. The highest BCUT2D eigenvalue weighted by molar-refractivity contribution is 5.84. The van der Waals surface area contributed by atoms with Crippen LogP contribution < -0.4 is 0 Å². The number of carbonyl (C=O) groups excluding carboxylic acids is 3. The predicted molar refractivity (Wildman–Crippen MR) is 192 cm³/mol. The lowest BCUT2D eigenvalue weighted by molar-refractivity contribution is -0.291. The van der Waals surface area contributed by atoms with Gasteiger partial charge in [0.1, 0.15) is 23.6 Å². The molecular weight excluding hydrogens is 674 g/mol. The first-order chi connectivity index (χ1) is 24.3. The van der Waals surface area contributed by atoms with Gasteiger partial charge < -0.3 is 48.4 Å². The lowest BCUT2D eigenvalue weighted by Crippen LogP contribution is -2.65. The summed E-state index contributed by atoms with van der Waals surface area (Å²) in [5.41, 5.74) is -2.97. The zero-order chi connectivity index (χ0) is 38.9. The Morgan fingerprint density at radius 2 is 1.65 bits per heavy atom. The zero-order valence-corrected chi connectivity index (χ0v) is 33.6. The fourth-order valence-electron chi connectivity index (χ4n) is 8.89. The minimum absolute atomic E-state index is 0.0888. The minimum atomic E-state index is -1.79. The SMILES string of the molecule is CO[C@@]1(C)C[C@@H](C)C(=O)[C@H](C)[C@@H](O)[C@@]2(O)C(C)[C@H]2OC(=O)[C@H](C)[C@@H](OC(=O)CCN(C)C)[C@H](C)[C@H]1O[C@@H]1O[C@H](C)C[C@@H](N2CCOCC2)[C@@H]1N(C)C. The van der Waals surface area contributed by atoms with Crippen molar-refractivity contribution in [1.29, 1.82) is 0 Å². The van der Waals surface area contributed by atoms with E-state index >= 15 is 0 Å². The summed E-state index contributed by atoms with van der Waals surface area (Å²) in [5, 5.41) is 22.9. The smallest absolute Gasteiger partial charge is 0.312 e. The number of nitrogens with zero attached hydrogens (tertiary/aromatic N) is 3. The third-order valence-corrected chi connectivity index (χ3v) is 12.3. The number of ether oxygens (including phenoxy) is 6. The van der Waals surface area contributed by atoms with Gasteiger partial charge in [-0.15, -0.1) is 0 Å². The fourth-order valence-corrected chi connectivity index (χ4v) is 8.89. The average molecular weight is 742 g/mol. The van der Waals surface area contributed by atoms with Gasteiger partial charge in [0.2, 0.25) is 0 Å². The van der Waals surface area contributed by atoms with Crippen molar-refractivity contribution in [3.63, 3.8) is 0 Å². The molecule has 4 aliphatic rings. The van der Waals surface area contributed by atoms with Gasteiger partial charge in [0, 0.05) is 56.5 Å². The van der Waals surface area contributed by atoms with E-state index < -0.39 is 83.4 Å². The van der Waals surface area contributed by atoms with Crippen LogP contribution in [0.25, 0.3) is 0 Å². The maximum Gasteiger partial charge on any atom is 0.312 e. The van der Waals surface area contributed by atoms with Crippen LogP contribution in [0.4, 0.5) is 0 Å². The van der Waals surface area contributed by atoms with Crippen molar-refractivity contribution in [3.05, 3.63) is 0 Å². The largest absolute Gasteiger partial charge is 0.461 e. The van der Waals surface area contributed by atoms with E-state index in [9.17, 15) is 24.6 Å². The Balaban J connectivity index is 1.81. The zero-order valence-electron chi connectivity index (χ0n) is 33.6. The quantitative estimate of drug-likeness (QED) is 0.329. The molecule has 0 radical (unpaired) electrons. The molecule has 1 unspecified atom stereocenters. The van der Waals surface area contributed by atoms with Gasteiger partial charge >= 0.3 is 11.9 Å². The van der Waals surface area contributed by atoms with Crippen molar-refractivity contribution in [2.24, 2.45) is 29.6 Å². The number of fused-ring (bicyclic) bond motifs is 1. The number of aliphatic hydroxyl groups is 2. The predicted octanol–water partition coefficient (Wildman–Crippen LogP) is 1.58. The molecule has 4 rings (SSSR count). The summed E-state index contributed by atoms with van der Waals surface area (Å²) in [7, 11) is 9.28. The topological polar surface area (TPSA) is 157 Å². The van der Waals surface area contributed by atoms with E-state index in [0.29, 0.717) is 19.8 Å². The second-order valence-electron chi connectivity index (χ2n) is 16.7. The first-order valence-electron chi connectivity index (χ1n) is 19.1. The number of morpholine rings is 1. The lowest BCUT2D eigenvalue weighted by atomic mass is 9.75. The number of hydrogen-bond acceptors (Lipinski definition) is 14. The first-order valence-corrected chi connectivity index (χ1v) is 19.1. The minimum Gasteiger partial charge on any atom is -0.461 e. The number of hydrogen-bond donors (Lipinski definition) is 2. The van der Waals surface area contributed by atoms with E-state index in [4.69, 9.17) is 28.4 Å². The summed E-state index contributed by atoms with van der Waals surface area (Å²) in [5.74, 6) is -5.32. The molecule has 0 aromatic heterocycles. The lowest BCUT2D eigenvalue weighted by Gasteiger charge is -2.52. The van der Waals surface area contributed by atoms with Crippen LogP contribution in [0.5, 0.6) is 0 Å². The Bertz CT molecular complexity index is 1230. The number of ketones is 1. The van der Waals surface area contributed by atoms with Crippen LogP contribution in [0.1, 0.15) is 67.7 Å². The second kappa shape index (κ2) is 17.4. The average Bonchev–Trinajstić information content (AvgIpc) is 3.63. The molecule has 1 saturated carbocycles. The third kappa shape index (κ3) is 9.03. The van der Waals surface area contributed by atoms with Gasteiger partial charge in [-0.1, -0.05) is 27.7 Å². The molecule has 0 amide bonds. The number of aliphatic hydroxyl groups excluding tert-OH is 1. The molecule has 52 heavy (non-hydrogen) atoms. The van der Waals surface area contributed by atoms with Gasteiger partial charge in [0.15, 0.2) is 6.29 Å². The Morgan fingerprint density at radius 1 is 1.02 bits per heavy atom. The summed E-state index contributed by atoms with van der Waals surface area (Å²) in [6.45, 7) is 15.8. The molecule has 0 aromatic carbocycles. The summed E-state index contributed by atoms with van der Waals surface area (Å²) in [6, 6.07) is -0.117. The van der Waals surface area contributed by atoms with Crippen molar-refractivity contribution < 1.29 is 53.0 Å². The molecule has 3 aliphatic heterocycles. The van der Waals surface area contributed by atoms with Gasteiger partial charge in [0.25, 0.3) is 0 Å². The Hall–Kier alpha value is -1.75. The van der Waals surface area contributed by atoms with Crippen molar-refractivity contribution >= 4 is 17.7 Å². The Labute approximate surface area is 310 Å². The van der Waals surface area contributed by atoms with Crippen LogP contribution in [0.3, 0.4) is 0 Å². The molecule has 14 heteroatoms. The van der Waals surface area contributed by atoms with E-state index in [1.165, 1.54) is 0 Å². The van der Waals surface area contributed by atoms with Crippen molar-refractivity contribution in [1.82, 2.24) is 14.7 Å². The van der Waals surface area contributed by atoms with Crippen molar-refractivity contribution in [3.8, 4) is 0 Å². The molecule has 0 spiro atoms. The van der Waals surface area contributed by atoms with E-state index in [1.807, 2.05) is 53.9 Å². The van der Waals surface area contributed by atoms with Crippen LogP contribution in [0, 0.1) is 29.6 Å². The van der Waals surface area contributed by atoms with Crippen LogP contribution in [-0.4, -0.2) is 171 Å². The van der Waals surface area contributed by atoms with Crippen LogP contribution >= 0.6 is 0 Å². The highest BCUT2D eigenvalue weighted by Gasteiger charge is 2.70. The van der Waals surface area contributed by atoms with Crippen LogP contribution in [-0.2, 0) is 42.8 Å². The molecule has 3 saturated heterocycles. The number of rotatable bonds is 9. The normalized spacial score (nSPS) is 44.2. The number of likely N-dealkylation sites (N-methyl/N-ethyl adjacent to an activating group) is 1. The molecule has 0 aromatic rings. The number of carbonyl (C=O) groups is 3. The fraction of sp³-hybridized carbons (Fsp3) is 0.921.